The minimum Gasteiger partial charge on any atom is -0.296 e. The van der Waals surface area contributed by atoms with Crippen molar-refractivity contribution in [2.24, 2.45) is 11.3 Å². The molecule has 0 saturated carbocycles. The predicted molar refractivity (Wildman–Crippen MR) is 40.7 cm³/mol. The number of hydrogen-bond acceptors (Lipinski definition) is 2. The molecule has 0 spiro atoms. The van der Waals surface area contributed by atoms with E-state index >= 15 is 0 Å². The van der Waals surface area contributed by atoms with Crippen molar-refractivity contribution in [3.8, 4) is 0 Å². The number of rotatable bonds is 0. The first-order valence-corrected chi connectivity index (χ1v) is 3.77. The highest BCUT2D eigenvalue weighted by atomic mass is 16.2. The van der Waals surface area contributed by atoms with Gasteiger partial charge >= 0.3 is 0 Å². The summed E-state index contributed by atoms with van der Waals surface area (Å²) < 4.78 is 0. The summed E-state index contributed by atoms with van der Waals surface area (Å²) in [5.41, 5.74) is -0.181. The van der Waals surface area contributed by atoms with Crippen LogP contribution >= 0.6 is 0 Å². The minimum absolute atomic E-state index is 0.0693. The van der Waals surface area contributed by atoms with Gasteiger partial charge in [0, 0.05) is 12.3 Å². The van der Waals surface area contributed by atoms with Crippen molar-refractivity contribution < 1.29 is 9.59 Å². The van der Waals surface area contributed by atoms with Crippen molar-refractivity contribution in [2.75, 3.05) is 0 Å². The highest BCUT2D eigenvalue weighted by molar-refractivity contribution is 5.99. The van der Waals surface area contributed by atoms with Gasteiger partial charge in [0.15, 0.2) is 0 Å². The molecule has 1 unspecified atom stereocenters. The SMILES string of the molecule is CC1C(=O)NC(=O)CC1(C)C. The van der Waals surface area contributed by atoms with Crippen LogP contribution in [0.3, 0.4) is 0 Å². The van der Waals surface area contributed by atoms with E-state index in [2.05, 4.69) is 5.32 Å². The van der Waals surface area contributed by atoms with Crippen LogP contribution in [0, 0.1) is 11.3 Å². The molecule has 0 bridgehead atoms. The second-order valence-corrected chi connectivity index (χ2v) is 3.80. The van der Waals surface area contributed by atoms with Crippen molar-refractivity contribution in [3.63, 3.8) is 0 Å². The van der Waals surface area contributed by atoms with Crippen LogP contribution in [0.4, 0.5) is 0 Å². The van der Waals surface area contributed by atoms with Gasteiger partial charge in [0.2, 0.25) is 11.8 Å². The van der Waals surface area contributed by atoms with Gasteiger partial charge in [0.05, 0.1) is 0 Å². The third kappa shape index (κ3) is 1.42. The van der Waals surface area contributed by atoms with Crippen molar-refractivity contribution in [2.45, 2.75) is 27.2 Å². The summed E-state index contributed by atoms with van der Waals surface area (Å²) in [6.45, 7) is 5.73. The zero-order valence-electron chi connectivity index (χ0n) is 7.10. The molecule has 1 aliphatic rings. The number of hydrogen-bond donors (Lipinski definition) is 1. The van der Waals surface area contributed by atoms with Crippen LogP contribution in [0.25, 0.3) is 0 Å². The lowest BCUT2D eigenvalue weighted by Crippen LogP contribution is -2.48. The summed E-state index contributed by atoms with van der Waals surface area (Å²) in [4.78, 5) is 22.0. The van der Waals surface area contributed by atoms with Crippen LogP contribution in [-0.2, 0) is 9.59 Å². The molecule has 0 aliphatic carbocycles. The molecule has 62 valence electrons. The molecule has 0 aromatic carbocycles. The lowest BCUT2D eigenvalue weighted by atomic mass is 9.74. The van der Waals surface area contributed by atoms with Gasteiger partial charge in [-0.1, -0.05) is 20.8 Å². The van der Waals surface area contributed by atoms with Gasteiger partial charge < -0.3 is 0 Å². The summed E-state index contributed by atoms with van der Waals surface area (Å²) in [5.74, 6) is -0.371. The Morgan fingerprint density at radius 2 is 2.00 bits per heavy atom. The third-order valence-corrected chi connectivity index (χ3v) is 2.44. The fourth-order valence-corrected chi connectivity index (χ4v) is 1.21. The highest BCUT2D eigenvalue weighted by Gasteiger charge is 2.38. The maximum atomic E-state index is 11.1. The van der Waals surface area contributed by atoms with Crippen LogP contribution in [0.1, 0.15) is 27.2 Å². The molecule has 1 aliphatic heterocycles. The molecule has 3 heteroatoms. The Hall–Kier alpha value is -0.860. The molecule has 1 heterocycles. The van der Waals surface area contributed by atoms with Gasteiger partial charge in [0.1, 0.15) is 0 Å². The lowest BCUT2D eigenvalue weighted by Gasteiger charge is -2.34. The third-order valence-electron chi connectivity index (χ3n) is 2.44. The second kappa shape index (κ2) is 2.32. The molecular formula is C8H13NO2. The van der Waals surface area contributed by atoms with Crippen molar-refractivity contribution in [3.05, 3.63) is 0 Å². The zero-order valence-corrected chi connectivity index (χ0v) is 7.10. The number of piperidine rings is 1. The molecule has 1 atom stereocenters. The first kappa shape index (κ1) is 8.24. The molecule has 1 fully saturated rings. The van der Waals surface area contributed by atoms with Crippen molar-refractivity contribution >= 4 is 11.8 Å². The number of carbonyl (C=O) groups excluding carboxylic acids is 2. The van der Waals surface area contributed by atoms with Crippen molar-refractivity contribution in [1.82, 2.24) is 5.32 Å². The standard InChI is InChI=1S/C8H13NO2/c1-5-7(11)9-6(10)4-8(5,2)3/h5H,4H2,1-3H3,(H,9,10,11). The Kier molecular flexibility index (Phi) is 1.74. The van der Waals surface area contributed by atoms with E-state index in [0.717, 1.165) is 0 Å². The first-order chi connectivity index (χ1) is 4.93. The summed E-state index contributed by atoms with van der Waals surface area (Å²) in [6, 6.07) is 0. The summed E-state index contributed by atoms with van der Waals surface area (Å²) >= 11 is 0. The Morgan fingerprint density at radius 3 is 2.45 bits per heavy atom. The highest BCUT2D eigenvalue weighted by Crippen LogP contribution is 2.33. The van der Waals surface area contributed by atoms with E-state index in [1.54, 1.807) is 0 Å². The van der Waals surface area contributed by atoms with Crippen molar-refractivity contribution in [1.29, 1.82) is 0 Å². The van der Waals surface area contributed by atoms with E-state index in [4.69, 9.17) is 0 Å². The fourth-order valence-electron chi connectivity index (χ4n) is 1.21. The zero-order chi connectivity index (χ0) is 8.65. The van der Waals surface area contributed by atoms with Crippen LogP contribution < -0.4 is 5.32 Å². The summed E-state index contributed by atoms with van der Waals surface area (Å²) in [7, 11) is 0. The van der Waals surface area contributed by atoms with Crippen LogP contribution in [-0.4, -0.2) is 11.8 Å². The summed E-state index contributed by atoms with van der Waals surface area (Å²) in [6.07, 6.45) is 0.444. The topological polar surface area (TPSA) is 46.2 Å². The molecule has 2 amide bonds. The van der Waals surface area contributed by atoms with Crippen LogP contribution in [0.2, 0.25) is 0 Å². The lowest BCUT2D eigenvalue weighted by molar-refractivity contribution is -0.141. The average Bonchev–Trinajstić information content (AvgIpc) is 1.81. The van der Waals surface area contributed by atoms with E-state index in [1.165, 1.54) is 0 Å². The van der Waals surface area contributed by atoms with E-state index in [0.29, 0.717) is 6.42 Å². The maximum absolute atomic E-state index is 11.1. The Labute approximate surface area is 66.2 Å². The number of carbonyl (C=O) groups is 2. The van der Waals surface area contributed by atoms with Gasteiger partial charge in [-0.15, -0.1) is 0 Å². The Bertz CT molecular complexity index is 208. The second-order valence-electron chi connectivity index (χ2n) is 3.80. The largest absolute Gasteiger partial charge is 0.296 e. The smallest absolute Gasteiger partial charge is 0.229 e. The molecular weight excluding hydrogens is 142 g/mol. The predicted octanol–water partition coefficient (Wildman–Crippen LogP) is 0.695. The van der Waals surface area contributed by atoms with Crippen LogP contribution in [0.15, 0.2) is 0 Å². The molecule has 1 rings (SSSR count). The molecule has 11 heavy (non-hydrogen) atoms. The Morgan fingerprint density at radius 1 is 1.45 bits per heavy atom. The van der Waals surface area contributed by atoms with Gasteiger partial charge in [-0.3, -0.25) is 14.9 Å². The van der Waals surface area contributed by atoms with Gasteiger partial charge in [0.25, 0.3) is 0 Å². The summed E-state index contributed by atoms with van der Waals surface area (Å²) in [5, 5.41) is 2.31. The normalized spacial score (nSPS) is 29.9. The number of amides is 2. The molecule has 1 N–H and O–H groups in total. The molecule has 1 saturated heterocycles. The number of imide groups is 1. The number of nitrogens with one attached hydrogen (secondary N) is 1. The van der Waals surface area contributed by atoms with E-state index in [9.17, 15) is 9.59 Å². The van der Waals surface area contributed by atoms with E-state index in [-0.39, 0.29) is 23.1 Å². The average molecular weight is 155 g/mol. The van der Waals surface area contributed by atoms with E-state index < -0.39 is 0 Å². The molecule has 0 aromatic rings. The Balaban J connectivity index is 2.83. The van der Waals surface area contributed by atoms with E-state index in [1.807, 2.05) is 20.8 Å². The maximum Gasteiger partial charge on any atom is 0.229 e. The van der Waals surface area contributed by atoms with Gasteiger partial charge in [-0.05, 0) is 5.41 Å². The van der Waals surface area contributed by atoms with Gasteiger partial charge in [-0.25, -0.2) is 0 Å². The first-order valence-electron chi connectivity index (χ1n) is 3.77. The quantitative estimate of drug-likeness (QED) is 0.523. The van der Waals surface area contributed by atoms with Gasteiger partial charge in [-0.2, -0.15) is 0 Å². The molecule has 0 radical (unpaired) electrons. The monoisotopic (exact) mass is 155 g/mol. The minimum atomic E-state index is -0.181. The molecule has 3 nitrogen and oxygen atoms in total. The van der Waals surface area contributed by atoms with Crippen LogP contribution in [0.5, 0.6) is 0 Å². The molecule has 0 aromatic heterocycles. The fraction of sp³-hybridized carbons (Fsp3) is 0.750.